The van der Waals surface area contributed by atoms with E-state index in [2.05, 4.69) is 16.9 Å². The van der Waals surface area contributed by atoms with Crippen LogP contribution in [0, 0.1) is 0 Å². The molecule has 0 amide bonds. The molecule has 1 atom stereocenters. The molecule has 0 aromatic carbocycles. The van der Waals surface area contributed by atoms with Crippen molar-refractivity contribution in [3.8, 4) is 0 Å². The lowest BCUT2D eigenvalue weighted by Crippen LogP contribution is -2.27. The van der Waals surface area contributed by atoms with Crippen LogP contribution in [0.4, 0.5) is 5.82 Å². The van der Waals surface area contributed by atoms with Crippen LogP contribution >= 0.6 is 11.8 Å². The van der Waals surface area contributed by atoms with Crippen molar-refractivity contribution < 1.29 is 5.11 Å². The molecule has 1 aromatic rings. The Labute approximate surface area is 149 Å². The van der Waals surface area contributed by atoms with Gasteiger partial charge in [-0.05, 0) is 44.2 Å². The van der Waals surface area contributed by atoms with Crippen molar-refractivity contribution in [3.05, 3.63) is 17.1 Å². The molecule has 24 heavy (non-hydrogen) atoms. The average Bonchev–Trinajstić information content (AvgIpc) is 3.04. The molecule has 3 N–H and O–H groups in total. The second kappa shape index (κ2) is 9.02. The average molecular weight is 351 g/mol. The lowest BCUT2D eigenvalue weighted by atomic mass is 10.0. The summed E-state index contributed by atoms with van der Waals surface area (Å²) in [5.41, 5.74) is 2.46. The number of hydrogen-bond acceptors (Lipinski definition) is 6. The minimum absolute atomic E-state index is 0.0732. The highest BCUT2D eigenvalue weighted by atomic mass is 32.2. The fourth-order valence-corrected chi connectivity index (χ4v) is 4.23. The van der Waals surface area contributed by atoms with E-state index < -0.39 is 0 Å². The van der Waals surface area contributed by atoms with Gasteiger partial charge in [-0.15, -0.1) is 0 Å². The molecule has 0 spiro atoms. The van der Waals surface area contributed by atoms with Crippen LogP contribution in [0.5, 0.6) is 0 Å². The maximum absolute atomic E-state index is 9.73. The van der Waals surface area contributed by atoms with Crippen LogP contribution < -0.4 is 10.6 Å². The van der Waals surface area contributed by atoms with Gasteiger partial charge in [-0.3, -0.25) is 0 Å². The highest BCUT2D eigenvalue weighted by molar-refractivity contribution is 7.98. The van der Waals surface area contributed by atoms with E-state index >= 15 is 0 Å². The Morgan fingerprint density at radius 3 is 2.79 bits per heavy atom. The van der Waals surface area contributed by atoms with Crippen molar-refractivity contribution in [1.82, 2.24) is 15.3 Å². The van der Waals surface area contributed by atoms with Crippen LogP contribution in [-0.2, 0) is 12.8 Å². The molecule has 5 nitrogen and oxygen atoms in total. The number of aliphatic hydroxyl groups excluding tert-OH is 1. The Hall–Kier alpha value is -0.850. The van der Waals surface area contributed by atoms with Crippen molar-refractivity contribution in [2.75, 3.05) is 37.0 Å². The first-order valence-electron chi connectivity index (χ1n) is 9.28. The zero-order valence-corrected chi connectivity index (χ0v) is 15.5. The number of rotatable bonds is 7. The van der Waals surface area contributed by atoms with Gasteiger partial charge >= 0.3 is 0 Å². The number of aliphatic hydroxyl groups is 1. The number of nitrogens with zero attached hydrogens (tertiary/aromatic N) is 2. The SMILES string of the molecule is CSCC[C@@H](CO)Nc1nc(C2CCCC2)nc2c1CCNCC2. The first-order valence-corrected chi connectivity index (χ1v) is 10.7. The Bertz CT molecular complexity index is 534. The molecule has 1 saturated carbocycles. The third-order valence-corrected chi connectivity index (χ3v) is 5.80. The second-order valence-electron chi connectivity index (χ2n) is 6.89. The molecule has 1 aromatic heterocycles. The fourth-order valence-electron chi connectivity index (χ4n) is 3.71. The number of thioether (sulfide) groups is 1. The van der Waals surface area contributed by atoms with Crippen LogP contribution in [0.15, 0.2) is 0 Å². The molecule has 1 fully saturated rings. The summed E-state index contributed by atoms with van der Waals surface area (Å²) in [5, 5.41) is 16.7. The van der Waals surface area contributed by atoms with Crippen molar-refractivity contribution >= 4 is 17.6 Å². The van der Waals surface area contributed by atoms with E-state index in [1.807, 2.05) is 11.8 Å². The first kappa shape index (κ1) is 18.0. The van der Waals surface area contributed by atoms with E-state index in [9.17, 15) is 5.11 Å². The molecule has 0 bridgehead atoms. The Morgan fingerprint density at radius 2 is 2.04 bits per heavy atom. The zero-order valence-electron chi connectivity index (χ0n) is 14.7. The lowest BCUT2D eigenvalue weighted by Gasteiger charge is -2.21. The number of nitrogens with one attached hydrogen (secondary N) is 2. The number of anilines is 1. The van der Waals surface area contributed by atoms with Gasteiger partial charge in [0, 0.05) is 24.4 Å². The third kappa shape index (κ3) is 4.41. The Kier molecular flexibility index (Phi) is 6.75. The van der Waals surface area contributed by atoms with Crippen molar-refractivity contribution in [1.29, 1.82) is 0 Å². The third-order valence-electron chi connectivity index (χ3n) is 5.15. The molecule has 2 heterocycles. The molecule has 0 radical (unpaired) electrons. The predicted octanol–water partition coefficient (Wildman–Crippen LogP) is 2.35. The summed E-state index contributed by atoms with van der Waals surface area (Å²) in [5.74, 6) is 3.57. The highest BCUT2D eigenvalue weighted by Gasteiger charge is 2.24. The molecule has 1 aliphatic carbocycles. The molecule has 6 heteroatoms. The molecule has 2 aliphatic rings. The van der Waals surface area contributed by atoms with Gasteiger partial charge in [0.05, 0.1) is 18.3 Å². The quantitative estimate of drug-likeness (QED) is 0.701. The molecular formula is C18H30N4OS. The second-order valence-corrected chi connectivity index (χ2v) is 7.88. The van der Waals surface area contributed by atoms with E-state index in [1.54, 1.807) is 0 Å². The van der Waals surface area contributed by atoms with Crippen molar-refractivity contribution in [3.63, 3.8) is 0 Å². The fraction of sp³-hybridized carbons (Fsp3) is 0.778. The number of aromatic nitrogens is 2. The number of hydrogen-bond donors (Lipinski definition) is 3. The summed E-state index contributed by atoms with van der Waals surface area (Å²) in [6.45, 7) is 2.11. The highest BCUT2D eigenvalue weighted by Crippen LogP contribution is 2.34. The van der Waals surface area contributed by atoms with E-state index in [0.717, 1.165) is 49.7 Å². The van der Waals surface area contributed by atoms with Gasteiger partial charge < -0.3 is 15.7 Å². The predicted molar refractivity (Wildman–Crippen MR) is 101 cm³/mol. The van der Waals surface area contributed by atoms with E-state index in [0.29, 0.717) is 5.92 Å². The Balaban J connectivity index is 1.87. The van der Waals surface area contributed by atoms with E-state index in [-0.39, 0.29) is 12.6 Å². The minimum atomic E-state index is 0.0732. The van der Waals surface area contributed by atoms with Gasteiger partial charge in [0.1, 0.15) is 11.6 Å². The summed E-state index contributed by atoms with van der Waals surface area (Å²) in [7, 11) is 0. The van der Waals surface area contributed by atoms with Crippen LogP contribution in [0.2, 0.25) is 0 Å². The molecule has 0 saturated heterocycles. The van der Waals surface area contributed by atoms with Gasteiger partial charge in [-0.2, -0.15) is 11.8 Å². The number of fused-ring (bicyclic) bond motifs is 1. The van der Waals surface area contributed by atoms with Crippen molar-refractivity contribution in [2.24, 2.45) is 0 Å². The monoisotopic (exact) mass is 350 g/mol. The van der Waals surface area contributed by atoms with Gasteiger partial charge in [0.25, 0.3) is 0 Å². The summed E-state index contributed by atoms with van der Waals surface area (Å²) in [6, 6.07) is 0.0732. The van der Waals surface area contributed by atoms with Crippen molar-refractivity contribution in [2.45, 2.75) is 56.9 Å². The van der Waals surface area contributed by atoms with Gasteiger partial charge in [-0.1, -0.05) is 12.8 Å². The summed E-state index contributed by atoms with van der Waals surface area (Å²) >= 11 is 1.82. The van der Waals surface area contributed by atoms with E-state index in [1.165, 1.54) is 36.9 Å². The first-order chi connectivity index (χ1) is 11.8. The topological polar surface area (TPSA) is 70.1 Å². The zero-order chi connectivity index (χ0) is 16.8. The maximum Gasteiger partial charge on any atom is 0.134 e. The summed E-state index contributed by atoms with van der Waals surface area (Å²) in [4.78, 5) is 9.89. The summed E-state index contributed by atoms with van der Waals surface area (Å²) < 4.78 is 0. The van der Waals surface area contributed by atoms with Gasteiger partial charge in [0.2, 0.25) is 0 Å². The molecule has 134 valence electrons. The Morgan fingerprint density at radius 1 is 1.25 bits per heavy atom. The summed E-state index contributed by atoms with van der Waals surface area (Å²) in [6.07, 6.45) is 10.0. The van der Waals surface area contributed by atoms with Crippen LogP contribution in [0.25, 0.3) is 0 Å². The van der Waals surface area contributed by atoms with Crippen LogP contribution in [0.1, 0.15) is 55.1 Å². The van der Waals surface area contributed by atoms with Gasteiger partial charge in [-0.25, -0.2) is 9.97 Å². The largest absolute Gasteiger partial charge is 0.394 e. The normalized spacial score (nSPS) is 19.8. The molecule has 0 unspecified atom stereocenters. The smallest absolute Gasteiger partial charge is 0.134 e. The molecule has 3 rings (SSSR count). The lowest BCUT2D eigenvalue weighted by molar-refractivity contribution is 0.272. The van der Waals surface area contributed by atoms with Crippen LogP contribution in [0.3, 0.4) is 0 Å². The molecule has 1 aliphatic heterocycles. The van der Waals surface area contributed by atoms with E-state index in [4.69, 9.17) is 9.97 Å². The molecular weight excluding hydrogens is 320 g/mol. The minimum Gasteiger partial charge on any atom is -0.394 e. The maximum atomic E-state index is 9.73. The van der Waals surface area contributed by atoms with Gasteiger partial charge in [0.15, 0.2) is 0 Å². The van der Waals surface area contributed by atoms with Crippen LogP contribution in [-0.4, -0.2) is 52.8 Å². The standard InChI is InChI=1S/C18H30N4OS/c1-24-11-8-14(12-23)20-18-15-6-9-19-10-7-16(15)21-17(22-18)13-4-2-3-5-13/h13-14,19,23H,2-12H2,1H3,(H,20,21,22)/t14-/m0/s1.